The standard InChI is InChI=1S/C14H28O5Si/c1-7-13(20,19-12(15)11(5)6)14(16-8-2,17-9-3)18-10-4/h5,7-10H2,1-4,6,20H3. The minimum Gasteiger partial charge on any atom is -0.452 e. The van der Waals surface area contributed by atoms with Crippen molar-refractivity contribution < 1.29 is 23.7 Å². The van der Waals surface area contributed by atoms with Gasteiger partial charge >= 0.3 is 11.9 Å². The van der Waals surface area contributed by atoms with Crippen molar-refractivity contribution in [3.63, 3.8) is 0 Å². The van der Waals surface area contributed by atoms with Crippen LogP contribution in [0, 0.1) is 0 Å². The lowest BCUT2D eigenvalue weighted by atomic mass is 10.2. The van der Waals surface area contributed by atoms with Crippen LogP contribution in [0.1, 0.15) is 41.0 Å². The molecular formula is C14H28O5Si. The number of hydrogen-bond donors (Lipinski definition) is 0. The minimum absolute atomic E-state index is 0.345. The van der Waals surface area contributed by atoms with Gasteiger partial charge in [0.1, 0.15) is 0 Å². The molecule has 0 rings (SSSR count). The number of ether oxygens (including phenoxy) is 4. The highest BCUT2D eigenvalue weighted by Crippen LogP contribution is 2.34. The fraction of sp³-hybridized carbons (Fsp3) is 0.786. The summed E-state index contributed by atoms with van der Waals surface area (Å²) in [6.45, 7) is 13.9. The predicted molar refractivity (Wildman–Crippen MR) is 81.5 cm³/mol. The maximum atomic E-state index is 11.9. The molecule has 0 heterocycles. The Labute approximate surface area is 125 Å². The van der Waals surface area contributed by atoms with E-state index in [2.05, 4.69) is 6.58 Å². The van der Waals surface area contributed by atoms with E-state index in [9.17, 15) is 4.79 Å². The summed E-state index contributed by atoms with van der Waals surface area (Å²) in [7, 11) is 0.503. The van der Waals surface area contributed by atoms with Gasteiger partial charge in [-0.15, -0.1) is 0 Å². The zero-order valence-electron chi connectivity index (χ0n) is 13.6. The maximum absolute atomic E-state index is 11.9. The third-order valence-electron chi connectivity index (χ3n) is 2.99. The van der Waals surface area contributed by atoms with Gasteiger partial charge in [0.2, 0.25) is 0 Å². The summed E-state index contributed by atoms with van der Waals surface area (Å²) in [6, 6.07) is 0. The second-order valence-corrected chi connectivity index (χ2v) is 6.22. The molecule has 6 heteroatoms. The fourth-order valence-electron chi connectivity index (χ4n) is 1.80. The summed E-state index contributed by atoms with van der Waals surface area (Å²) < 4.78 is 22.8. The summed E-state index contributed by atoms with van der Waals surface area (Å²) >= 11 is 0. The van der Waals surface area contributed by atoms with Crippen molar-refractivity contribution in [2.45, 2.75) is 52.2 Å². The minimum atomic E-state index is -1.35. The third-order valence-corrected chi connectivity index (χ3v) is 4.52. The highest BCUT2D eigenvalue weighted by molar-refractivity contribution is 6.16. The number of carbonyl (C=O) groups is 1. The molecule has 0 aliphatic heterocycles. The molecule has 0 N–H and O–H groups in total. The second-order valence-electron chi connectivity index (χ2n) is 4.61. The second kappa shape index (κ2) is 8.56. The molecule has 118 valence electrons. The van der Waals surface area contributed by atoms with Gasteiger partial charge in [-0.2, -0.15) is 0 Å². The SMILES string of the molecule is C=C(C)C(=O)OC([SiH3])(CC)C(OCC)(OCC)OCC. The van der Waals surface area contributed by atoms with Gasteiger partial charge in [0, 0.05) is 25.4 Å². The highest BCUT2D eigenvalue weighted by Gasteiger charge is 2.54. The van der Waals surface area contributed by atoms with Crippen LogP contribution in [0.2, 0.25) is 0 Å². The van der Waals surface area contributed by atoms with E-state index in [0.29, 0.717) is 42.1 Å². The zero-order valence-corrected chi connectivity index (χ0v) is 15.6. The molecule has 0 fully saturated rings. The Kier molecular flexibility index (Phi) is 8.27. The fourth-order valence-corrected chi connectivity index (χ4v) is 2.41. The van der Waals surface area contributed by atoms with E-state index in [-0.39, 0.29) is 0 Å². The van der Waals surface area contributed by atoms with Crippen LogP contribution in [-0.2, 0) is 23.7 Å². The quantitative estimate of drug-likeness (QED) is 0.264. The molecule has 0 amide bonds. The normalized spacial score (nSPS) is 14.8. The molecule has 0 spiro atoms. The van der Waals surface area contributed by atoms with Crippen molar-refractivity contribution in [2.24, 2.45) is 0 Å². The average molecular weight is 304 g/mol. The lowest BCUT2D eigenvalue weighted by molar-refractivity contribution is -0.421. The van der Waals surface area contributed by atoms with Crippen LogP contribution in [0.3, 0.4) is 0 Å². The molecule has 0 aromatic rings. The van der Waals surface area contributed by atoms with E-state index in [4.69, 9.17) is 18.9 Å². The molecule has 0 aromatic heterocycles. The summed E-state index contributed by atoms with van der Waals surface area (Å²) in [5.41, 5.74) is 0.345. The van der Waals surface area contributed by atoms with Gasteiger partial charge in [0.15, 0.2) is 5.22 Å². The van der Waals surface area contributed by atoms with E-state index >= 15 is 0 Å². The first-order chi connectivity index (χ1) is 9.32. The molecule has 0 saturated heterocycles. The van der Waals surface area contributed by atoms with E-state index in [1.165, 1.54) is 0 Å². The van der Waals surface area contributed by atoms with Gasteiger partial charge in [-0.3, -0.25) is 0 Å². The van der Waals surface area contributed by atoms with Gasteiger partial charge in [0.05, 0.1) is 10.2 Å². The Hall–Kier alpha value is -0.693. The average Bonchev–Trinajstić information content (AvgIpc) is 2.39. The van der Waals surface area contributed by atoms with Gasteiger partial charge in [-0.05, 0) is 34.1 Å². The van der Waals surface area contributed by atoms with Crippen LogP contribution in [0.25, 0.3) is 0 Å². The molecule has 0 aliphatic rings. The van der Waals surface area contributed by atoms with Crippen molar-refractivity contribution in [1.82, 2.24) is 0 Å². The summed E-state index contributed by atoms with van der Waals surface area (Å²) in [6.07, 6.45) is 0.540. The summed E-state index contributed by atoms with van der Waals surface area (Å²) in [5, 5.41) is -0.926. The lowest BCUT2D eigenvalue weighted by Crippen LogP contribution is -2.62. The maximum Gasteiger partial charge on any atom is 0.333 e. The molecule has 1 unspecified atom stereocenters. The molecule has 5 nitrogen and oxygen atoms in total. The zero-order chi connectivity index (χ0) is 15.8. The van der Waals surface area contributed by atoms with Crippen LogP contribution >= 0.6 is 0 Å². The largest absolute Gasteiger partial charge is 0.452 e. The Morgan fingerprint density at radius 2 is 1.45 bits per heavy atom. The first-order valence-electron chi connectivity index (χ1n) is 7.13. The molecule has 0 aromatic carbocycles. The Morgan fingerprint density at radius 1 is 1.05 bits per heavy atom. The number of hydrogen-bond acceptors (Lipinski definition) is 5. The van der Waals surface area contributed by atoms with Crippen molar-refractivity contribution in [1.29, 1.82) is 0 Å². The number of esters is 1. The Balaban J connectivity index is 5.51. The van der Waals surface area contributed by atoms with Crippen LogP contribution in [-0.4, -0.2) is 47.2 Å². The molecule has 0 bridgehead atoms. The number of carbonyl (C=O) groups excluding carboxylic acids is 1. The number of rotatable bonds is 10. The first-order valence-corrected chi connectivity index (χ1v) is 8.13. The first kappa shape index (κ1) is 19.3. The van der Waals surface area contributed by atoms with E-state index in [0.717, 1.165) is 0 Å². The van der Waals surface area contributed by atoms with Crippen LogP contribution < -0.4 is 0 Å². The Morgan fingerprint density at radius 3 is 1.70 bits per heavy atom. The van der Waals surface area contributed by atoms with Gasteiger partial charge in [0.25, 0.3) is 0 Å². The summed E-state index contributed by atoms with van der Waals surface area (Å²) in [5.74, 6) is -1.80. The molecule has 0 radical (unpaired) electrons. The Bertz CT molecular complexity index is 315. The van der Waals surface area contributed by atoms with Crippen molar-refractivity contribution >= 4 is 16.2 Å². The molecule has 0 aliphatic carbocycles. The van der Waals surface area contributed by atoms with Gasteiger partial charge in [-0.25, -0.2) is 4.79 Å². The predicted octanol–water partition coefficient (Wildman–Crippen LogP) is 1.34. The van der Waals surface area contributed by atoms with Crippen molar-refractivity contribution in [3.8, 4) is 0 Å². The van der Waals surface area contributed by atoms with Gasteiger partial charge < -0.3 is 18.9 Å². The summed E-state index contributed by atoms with van der Waals surface area (Å²) in [4.78, 5) is 11.9. The van der Waals surface area contributed by atoms with E-state index < -0.39 is 17.2 Å². The molecule has 20 heavy (non-hydrogen) atoms. The van der Waals surface area contributed by atoms with Gasteiger partial charge in [-0.1, -0.05) is 13.5 Å². The monoisotopic (exact) mass is 304 g/mol. The molecular weight excluding hydrogens is 276 g/mol. The van der Waals surface area contributed by atoms with Crippen LogP contribution in [0.15, 0.2) is 12.2 Å². The third kappa shape index (κ3) is 4.41. The topological polar surface area (TPSA) is 54.0 Å². The smallest absolute Gasteiger partial charge is 0.333 e. The van der Waals surface area contributed by atoms with Crippen molar-refractivity contribution in [3.05, 3.63) is 12.2 Å². The highest BCUT2D eigenvalue weighted by atomic mass is 28.1. The van der Waals surface area contributed by atoms with Crippen molar-refractivity contribution in [2.75, 3.05) is 19.8 Å². The lowest BCUT2D eigenvalue weighted by Gasteiger charge is -2.45. The molecule has 0 saturated carbocycles. The molecule has 1 atom stereocenters. The van der Waals surface area contributed by atoms with E-state index in [1.54, 1.807) is 6.92 Å². The van der Waals surface area contributed by atoms with E-state index in [1.807, 2.05) is 27.7 Å². The van der Waals surface area contributed by atoms with Crippen LogP contribution in [0.4, 0.5) is 0 Å². The van der Waals surface area contributed by atoms with Crippen LogP contribution in [0.5, 0.6) is 0 Å².